The maximum atomic E-state index is 11.9. The summed E-state index contributed by atoms with van der Waals surface area (Å²) in [7, 11) is 0. The first kappa shape index (κ1) is 15.2. The van der Waals surface area contributed by atoms with Crippen molar-refractivity contribution < 1.29 is 19.8 Å². The third-order valence-corrected chi connectivity index (χ3v) is 2.87. The third kappa shape index (κ3) is 5.57. The van der Waals surface area contributed by atoms with Gasteiger partial charge < -0.3 is 20.4 Å². The molecule has 0 saturated heterocycles. The molecule has 1 aliphatic carbocycles. The lowest BCUT2D eigenvalue weighted by atomic mass is 10.0. The summed E-state index contributed by atoms with van der Waals surface area (Å²) in [5, 5.41) is 29.5. The van der Waals surface area contributed by atoms with Crippen LogP contribution in [0.25, 0.3) is 0 Å². The Morgan fingerprint density at radius 2 is 2.16 bits per heavy atom. The zero-order chi connectivity index (χ0) is 14.5. The fourth-order valence-electron chi connectivity index (χ4n) is 1.76. The summed E-state index contributed by atoms with van der Waals surface area (Å²) in [4.78, 5) is 24.0. The summed E-state index contributed by atoms with van der Waals surface area (Å²) in [6.45, 7) is 1.58. The van der Waals surface area contributed by atoms with E-state index in [0.717, 1.165) is 12.8 Å². The number of carboxylic acids is 1. The van der Waals surface area contributed by atoms with Crippen LogP contribution in [0.3, 0.4) is 0 Å². The van der Waals surface area contributed by atoms with E-state index < -0.39 is 18.0 Å². The zero-order valence-corrected chi connectivity index (χ0v) is 10.9. The van der Waals surface area contributed by atoms with Crippen LogP contribution < -0.4 is 5.32 Å². The van der Waals surface area contributed by atoms with E-state index in [9.17, 15) is 14.7 Å². The molecule has 0 spiro atoms. The van der Waals surface area contributed by atoms with Gasteiger partial charge in [0, 0.05) is 19.1 Å². The van der Waals surface area contributed by atoms with E-state index in [0.29, 0.717) is 6.54 Å². The third-order valence-electron chi connectivity index (χ3n) is 2.87. The van der Waals surface area contributed by atoms with Crippen LogP contribution in [0, 0.1) is 11.3 Å². The van der Waals surface area contributed by atoms with Crippen LogP contribution in [-0.4, -0.2) is 51.8 Å². The van der Waals surface area contributed by atoms with Gasteiger partial charge in [0.15, 0.2) is 0 Å². The van der Waals surface area contributed by atoms with Crippen molar-refractivity contribution in [3.8, 4) is 6.07 Å². The van der Waals surface area contributed by atoms with Crippen molar-refractivity contribution in [2.75, 3.05) is 13.1 Å². The van der Waals surface area contributed by atoms with E-state index in [-0.39, 0.29) is 25.0 Å². The molecule has 0 aromatic carbocycles. The van der Waals surface area contributed by atoms with Gasteiger partial charge in [-0.1, -0.05) is 0 Å². The van der Waals surface area contributed by atoms with Crippen LogP contribution in [0.15, 0.2) is 0 Å². The summed E-state index contributed by atoms with van der Waals surface area (Å²) in [6, 6.07) is 1.79. The Balaban J connectivity index is 2.44. The summed E-state index contributed by atoms with van der Waals surface area (Å²) in [6.07, 6.45) is 1.67. The number of carbonyl (C=O) groups is 2. The Hall–Kier alpha value is -1.81. The highest BCUT2D eigenvalue weighted by molar-refractivity contribution is 5.75. The molecule has 2 amide bonds. The van der Waals surface area contributed by atoms with Gasteiger partial charge in [-0.05, 0) is 19.8 Å². The van der Waals surface area contributed by atoms with Gasteiger partial charge in [-0.25, -0.2) is 4.79 Å². The second kappa shape index (κ2) is 6.38. The molecule has 3 N–H and O–H groups in total. The van der Waals surface area contributed by atoms with E-state index in [1.54, 1.807) is 4.90 Å². The predicted octanol–water partition coefficient (Wildman–Crippen LogP) is 0.300. The number of hydrogen-bond acceptors (Lipinski definition) is 4. The SMILES string of the molecule is CC(O)(CNC(=O)N(CCC#N)C1CC1)CC(=O)O. The van der Waals surface area contributed by atoms with Crippen LogP contribution in [0.4, 0.5) is 4.79 Å². The number of rotatable bonds is 7. The van der Waals surface area contributed by atoms with Gasteiger partial charge in [0.1, 0.15) is 0 Å². The minimum Gasteiger partial charge on any atom is -0.481 e. The van der Waals surface area contributed by atoms with Crippen molar-refractivity contribution in [2.45, 2.75) is 44.2 Å². The molecule has 0 aliphatic heterocycles. The number of hydrogen-bond donors (Lipinski definition) is 3. The molecule has 0 aromatic rings. The van der Waals surface area contributed by atoms with Crippen LogP contribution in [0.1, 0.15) is 32.6 Å². The van der Waals surface area contributed by atoms with Gasteiger partial charge >= 0.3 is 12.0 Å². The van der Waals surface area contributed by atoms with Crippen molar-refractivity contribution >= 4 is 12.0 Å². The number of nitrogens with one attached hydrogen (secondary N) is 1. The van der Waals surface area contributed by atoms with Crippen molar-refractivity contribution in [1.29, 1.82) is 5.26 Å². The normalized spacial score (nSPS) is 17.1. The molecule has 7 nitrogen and oxygen atoms in total. The van der Waals surface area contributed by atoms with E-state index >= 15 is 0 Å². The smallest absolute Gasteiger partial charge is 0.317 e. The lowest BCUT2D eigenvalue weighted by Gasteiger charge is -2.26. The van der Waals surface area contributed by atoms with E-state index in [2.05, 4.69) is 5.32 Å². The second-order valence-corrected chi connectivity index (χ2v) is 5.06. The first-order chi connectivity index (χ1) is 8.85. The van der Waals surface area contributed by atoms with Gasteiger partial charge in [0.25, 0.3) is 0 Å². The van der Waals surface area contributed by atoms with Gasteiger partial charge in [-0.2, -0.15) is 5.26 Å². The van der Waals surface area contributed by atoms with E-state index in [1.165, 1.54) is 6.92 Å². The average molecular weight is 269 g/mol. The largest absolute Gasteiger partial charge is 0.481 e. The standard InChI is InChI=1S/C12H19N3O4/c1-12(19,7-10(16)17)8-14-11(18)15(6-2-5-13)9-3-4-9/h9,19H,2-4,6-8H2,1H3,(H,14,18)(H,16,17). The maximum absolute atomic E-state index is 11.9. The number of carbonyl (C=O) groups excluding carboxylic acids is 1. The molecule has 0 bridgehead atoms. The lowest BCUT2D eigenvalue weighted by molar-refractivity contribution is -0.141. The molecule has 1 aliphatic rings. The number of nitriles is 1. The van der Waals surface area contributed by atoms with Crippen LogP contribution in [0.5, 0.6) is 0 Å². The van der Waals surface area contributed by atoms with Gasteiger partial charge in [-0.15, -0.1) is 0 Å². The molecule has 7 heteroatoms. The molecule has 19 heavy (non-hydrogen) atoms. The van der Waals surface area contributed by atoms with Gasteiger partial charge in [-0.3, -0.25) is 4.79 Å². The Bertz CT molecular complexity index is 385. The molecule has 1 atom stereocenters. The molecular formula is C12H19N3O4. The Labute approximate surface area is 111 Å². The highest BCUT2D eigenvalue weighted by atomic mass is 16.4. The molecular weight excluding hydrogens is 250 g/mol. The summed E-state index contributed by atoms with van der Waals surface area (Å²) < 4.78 is 0. The number of carboxylic acid groups (broad SMARTS) is 1. The van der Waals surface area contributed by atoms with Crippen molar-refractivity contribution in [1.82, 2.24) is 10.2 Å². The van der Waals surface area contributed by atoms with Gasteiger partial charge in [0.05, 0.1) is 24.5 Å². The highest BCUT2D eigenvalue weighted by Gasteiger charge is 2.33. The van der Waals surface area contributed by atoms with E-state index in [1.807, 2.05) is 6.07 Å². The Morgan fingerprint density at radius 1 is 1.53 bits per heavy atom. The van der Waals surface area contributed by atoms with E-state index in [4.69, 9.17) is 10.4 Å². The first-order valence-electron chi connectivity index (χ1n) is 6.21. The summed E-state index contributed by atoms with van der Waals surface area (Å²) in [5.41, 5.74) is -1.48. The number of aliphatic hydroxyl groups is 1. The minimum atomic E-state index is -1.48. The molecule has 1 unspecified atom stereocenters. The second-order valence-electron chi connectivity index (χ2n) is 5.06. The highest BCUT2D eigenvalue weighted by Crippen LogP contribution is 2.26. The monoisotopic (exact) mass is 269 g/mol. The molecule has 0 radical (unpaired) electrons. The summed E-state index contributed by atoms with van der Waals surface area (Å²) in [5.74, 6) is -1.12. The Kier molecular flexibility index (Phi) is 5.12. The van der Waals surface area contributed by atoms with Crippen LogP contribution in [-0.2, 0) is 4.79 Å². The minimum absolute atomic E-state index is 0.131. The molecule has 0 heterocycles. The quantitative estimate of drug-likeness (QED) is 0.615. The summed E-state index contributed by atoms with van der Waals surface area (Å²) >= 11 is 0. The first-order valence-corrected chi connectivity index (χ1v) is 6.21. The van der Waals surface area contributed by atoms with Crippen LogP contribution in [0.2, 0.25) is 0 Å². The average Bonchev–Trinajstić information content (AvgIpc) is 3.09. The van der Waals surface area contributed by atoms with Crippen molar-refractivity contribution in [2.24, 2.45) is 0 Å². The molecule has 1 fully saturated rings. The number of nitrogens with zero attached hydrogens (tertiary/aromatic N) is 2. The predicted molar refractivity (Wildman–Crippen MR) is 66.2 cm³/mol. The molecule has 1 rings (SSSR count). The number of amides is 2. The topological polar surface area (TPSA) is 114 Å². The molecule has 106 valence electrons. The van der Waals surface area contributed by atoms with Gasteiger partial charge in [0.2, 0.25) is 0 Å². The van der Waals surface area contributed by atoms with Crippen molar-refractivity contribution in [3.05, 3.63) is 0 Å². The lowest BCUT2D eigenvalue weighted by Crippen LogP contribution is -2.48. The van der Waals surface area contributed by atoms with Crippen molar-refractivity contribution in [3.63, 3.8) is 0 Å². The molecule has 0 aromatic heterocycles. The Morgan fingerprint density at radius 3 is 2.63 bits per heavy atom. The number of aliphatic carboxylic acids is 1. The maximum Gasteiger partial charge on any atom is 0.317 e. The van der Waals surface area contributed by atoms with Crippen LogP contribution >= 0.6 is 0 Å². The number of urea groups is 1. The molecule has 1 saturated carbocycles. The fraction of sp³-hybridized carbons (Fsp3) is 0.750. The fourth-order valence-corrected chi connectivity index (χ4v) is 1.76. The zero-order valence-electron chi connectivity index (χ0n) is 10.9.